The van der Waals surface area contributed by atoms with E-state index in [9.17, 15) is 4.79 Å². The van der Waals surface area contributed by atoms with Gasteiger partial charge in [-0.05, 0) is 30.7 Å². The number of halogens is 1. The molecule has 1 fully saturated rings. The van der Waals surface area contributed by atoms with E-state index in [0.29, 0.717) is 15.8 Å². The summed E-state index contributed by atoms with van der Waals surface area (Å²) in [5, 5.41) is 4.53. The topological polar surface area (TPSA) is 34.0 Å². The highest BCUT2D eigenvalue weighted by molar-refractivity contribution is 8.26. The van der Waals surface area contributed by atoms with E-state index in [1.54, 1.807) is 0 Å². The van der Waals surface area contributed by atoms with E-state index in [2.05, 4.69) is 28.9 Å². The maximum Gasteiger partial charge on any atom is 0.263 e. The minimum atomic E-state index is -0.137. The molecule has 0 spiro atoms. The van der Waals surface area contributed by atoms with Crippen LogP contribution in [0.5, 0.6) is 0 Å². The second kappa shape index (κ2) is 6.91. The van der Waals surface area contributed by atoms with Crippen LogP contribution in [0.3, 0.4) is 0 Å². The first-order valence-corrected chi connectivity index (χ1v) is 9.71. The number of carbonyl (C=O) groups excluding carboxylic acids is 1. The number of thioether (sulfide) groups is 1. The van der Waals surface area contributed by atoms with Crippen molar-refractivity contribution in [2.45, 2.75) is 13.5 Å². The van der Waals surface area contributed by atoms with Gasteiger partial charge in [-0.3, -0.25) is 4.79 Å². The number of thiocarbonyl (C=S) groups is 1. The van der Waals surface area contributed by atoms with E-state index in [4.69, 9.17) is 23.8 Å². The van der Waals surface area contributed by atoms with Gasteiger partial charge in [-0.15, -0.1) is 0 Å². The fourth-order valence-corrected chi connectivity index (χ4v) is 4.41. The Hall–Kier alpha value is -2.08. The van der Waals surface area contributed by atoms with E-state index in [1.807, 2.05) is 42.5 Å². The molecule has 1 aromatic heterocycles. The first-order valence-electron chi connectivity index (χ1n) is 8.10. The largest absolute Gasteiger partial charge is 0.340 e. The summed E-state index contributed by atoms with van der Waals surface area (Å²) < 4.78 is 2.73. The molecule has 0 bridgehead atoms. The fourth-order valence-electron chi connectivity index (χ4n) is 3.19. The summed E-state index contributed by atoms with van der Waals surface area (Å²) in [7, 11) is 0. The fraction of sp³-hybridized carbons (Fsp3) is 0.100. The quantitative estimate of drug-likeness (QED) is 0.490. The predicted molar refractivity (Wildman–Crippen MR) is 114 cm³/mol. The standard InChI is InChI=1S/C20H15ClN2OS2/c1-12-15(10-18-19(24)22-20(25)26-18)14-7-3-5-9-17(14)23(12)11-13-6-2-4-8-16(13)21/h2-10H,11H2,1H3,(H,22,24,25)/b18-10-. The van der Waals surface area contributed by atoms with Crippen molar-refractivity contribution in [2.75, 3.05) is 0 Å². The average Bonchev–Trinajstić information content (AvgIpc) is 3.08. The van der Waals surface area contributed by atoms with Gasteiger partial charge in [0.05, 0.1) is 4.91 Å². The Morgan fingerprint density at radius 1 is 1.19 bits per heavy atom. The molecule has 0 radical (unpaired) electrons. The maximum atomic E-state index is 12.1. The number of carbonyl (C=O) groups is 1. The van der Waals surface area contributed by atoms with Crippen LogP contribution in [0.25, 0.3) is 17.0 Å². The van der Waals surface area contributed by atoms with E-state index >= 15 is 0 Å². The molecule has 1 N–H and O–H groups in total. The zero-order chi connectivity index (χ0) is 18.3. The third-order valence-electron chi connectivity index (χ3n) is 4.48. The number of para-hydroxylation sites is 1. The lowest BCUT2D eigenvalue weighted by Gasteiger charge is -2.10. The monoisotopic (exact) mass is 398 g/mol. The van der Waals surface area contributed by atoms with Crippen LogP contribution in [0.2, 0.25) is 5.02 Å². The summed E-state index contributed by atoms with van der Waals surface area (Å²) in [6.45, 7) is 2.74. The van der Waals surface area contributed by atoms with Crippen LogP contribution in [0, 0.1) is 6.92 Å². The van der Waals surface area contributed by atoms with Gasteiger partial charge in [0.1, 0.15) is 4.32 Å². The van der Waals surface area contributed by atoms with E-state index < -0.39 is 0 Å². The Kier molecular flexibility index (Phi) is 4.61. The van der Waals surface area contributed by atoms with Gasteiger partial charge < -0.3 is 9.88 Å². The third kappa shape index (κ3) is 3.07. The number of nitrogens with one attached hydrogen (secondary N) is 1. The number of aromatic nitrogens is 1. The van der Waals surface area contributed by atoms with E-state index in [1.165, 1.54) is 11.8 Å². The van der Waals surface area contributed by atoms with Crippen LogP contribution in [0.1, 0.15) is 16.8 Å². The SMILES string of the molecule is Cc1c(/C=C2\SC(=S)NC2=O)c2ccccc2n1Cc1ccccc1Cl. The molecule has 0 saturated carbocycles. The van der Waals surface area contributed by atoms with Crippen molar-refractivity contribution in [1.29, 1.82) is 0 Å². The van der Waals surface area contributed by atoms with Gasteiger partial charge in [0.25, 0.3) is 5.91 Å². The van der Waals surface area contributed by atoms with Gasteiger partial charge >= 0.3 is 0 Å². The number of rotatable bonds is 3. The molecular weight excluding hydrogens is 384 g/mol. The third-order valence-corrected chi connectivity index (χ3v) is 6.01. The van der Waals surface area contributed by atoms with Crippen LogP contribution in [-0.2, 0) is 11.3 Å². The van der Waals surface area contributed by atoms with Gasteiger partial charge in [0.2, 0.25) is 0 Å². The van der Waals surface area contributed by atoms with Crippen molar-refractivity contribution >= 4 is 62.8 Å². The predicted octanol–water partition coefficient (Wildman–Crippen LogP) is 5.14. The molecule has 130 valence electrons. The van der Waals surface area contributed by atoms with E-state index in [-0.39, 0.29) is 5.91 Å². The van der Waals surface area contributed by atoms with Crippen molar-refractivity contribution in [3.8, 4) is 0 Å². The summed E-state index contributed by atoms with van der Waals surface area (Å²) in [5.74, 6) is -0.137. The molecule has 26 heavy (non-hydrogen) atoms. The summed E-state index contributed by atoms with van der Waals surface area (Å²) in [6, 6.07) is 16.1. The molecule has 4 rings (SSSR count). The summed E-state index contributed by atoms with van der Waals surface area (Å²) in [6.07, 6.45) is 1.93. The molecule has 1 aliphatic rings. The van der Waals surface area contributed by atoms with Crippen molar-refractivity contribution < 1.29 is 4.79 Å². The summed E-state index contributed by atoms with van der Waals surface area (Å²) in [5.41, 5.74) is 4.30. The zero-order valence-electron chi connectivity index (χ0n) is 14.0. The smallest absolute Gasteiger partial charge is 0.263 e. The highest BCUT2D eigenvalue weighted by atomic mass is 35.5. The molecule has 0 unspecified atom stereocenters. The van der Waals surface area contributed by atoms with Gasteiger partial charge in [0, 0.05) is 33.7 Å². The molecular formula is C20H15ClN2OS2. The van der Waals surface area contributed by atoms with Gasteiger partial charge in [0.15, 0.2) is 0 Å². The molecule has 3 aromatic rings. The molecule has 2 heterocycles. The lowest BCUT2D eigenvalue weighted by molar-refractivity contribution is -0.115. The van der Waals surface area contributed by atoms with Crippen LogP contribution < -0.4 is 5.32 Å². The number of fused-ring (bicyclic) bond motifs is 1. The molecule has 6 heteroatoms. The maximum absolute atomic E-state index is 12.1. The Bertz CT molecular complexity index is 1080. The second-order valence-corrected chi connectivity index (χ2v) is 8.17. The minimum absolute atomic E-state index is 0.137. The Balaban J connectivity index is 1.87. The molecule has 2 aromatic carbocycles. The molecule has 1 amide bonds. The van der Waals surface area contributed by atoms with Crippen molar-refractivity contribution in [3.63, 3.8) is 0 Å². The molecule has 1 aliphatic heterocycles. The number of amides is 1. The van der Waals surface area contributed by atoms with Gasteiger partial charge in [-0.25, -0.2) is 0 Å². The molecule has 0 aliphatic carbocycles. The summed E-state index contributed by atoms with van der Waals surface area (Å²) >= 11 is 12.8. The van der Waals surface area contributed by atoms with Crippen molar-refractivity contribution in [2.24, 2.45) is 0 Å². The van der Waals surface area contributed by atoms with E-state index in [0.717, 1.165) is 32.7 Å². The number of nitrogens with zero attached hydrogens (tertiary/aromatic N) is 1. The Morgan fingerprint density at radius 2 is 1.92 bits per heavy atom. The van der Waals surface area contributed by atoms with Gasteiger partial charge in [-0.1, -0.05) is 72.0 Å². The number of benzene rings is 2. The first-order chi connectivity index (χ1) is 12.5. The van der Waals surface area contributed by atoms with Gasteiger partial charge in [-0.2, -0.15) is 0 Å². The van der Waals surface area contributed by atoms with Crippen LogP contribution in [0.4, 0.5) is 0 Å². The minimum Gasteiger partial charge on any atom is -0.340 e. The molecule has 3 nitrogen and oxygen atoms in total. The summed E-state index contributed by atoms with van der Waals surface area (Å²) in [4.78, 5) is 12.7. The van der Waals surface area contributed by atoms with Crippen molar-refractivity contribution in [3.05, 3.63) is 75.3 Å². The first kappa shape index (κ1) is 17.3. The van der Waals surface area contributed by atoms with Crippen molar-refractivity contribution in [1.82, 2.24) is 9.88 Å². The van der Waals surface area contributed by atoms with Crippen LogP contribution >= 0.6 is 35.6 Å². The highest BCUT2D eigenvalue weighted by Gasteiger charge is 2.23. The number of hydrogen-bond donors (Lipinski definition) is 1. The Morgan fingerprint density at radius 3 is 2.65 bits per heavy atom. The number of hydrogen-bond acceptors (Lipinski definition) is 3. The lowest BCUT2D eigenvalue weighted by atomic mass is 10.1. The van der Waals surface area contributed by atoms with Crippen LogP contribution in [-0.4, -0.2) is 14.8 Å². The normalized spacial score (nSPS) is 15.8. The molecule has 0 atom stereocenters. The second-order valence-electron chi connectivity index (χ2n) is 6.05. The van der Waals surface area contributed by atoms with Crippen LogP contribution in [0.15, 0.2) is 53.4 Å². The zero-order valence-corrected chi connectivity index (χ0v) is 16.3. The lowest BCUT2D eigenvalue weighted by Crippen LogP contribution is -2.17. The average molecular weight is 399 g/mol. The Labute approximate surface area is 166 Å². The highest BCUT2D eigenvalue weighted by Crippen LogP contribution is 2.33. The molecule has 1 saturated heterocycles.